The van der Waals surface area contributed by atoms with E-state index in [2.05, 4.69) is 5.43 Å². The Bertz CT molecular complexity index is 1280. The number of hydrogen-bond acceptors (Lipinski definition) is 6. The maximum absolute atomic E-state index is 13.8. The number of carbonyl (C=O) groups is 2. The molecule has 2 amide bonds. The quantitative estimate of drug-likeness (QED) is 0.609. The lowest BCUT2D eigenvalue weighted by Gasteiger charge is -2.43. The molecule has 0 bridgehead atoms. The van der Waals surface area contributed by atoms with Gasteiger partial charge in [-0.15, -0.1) is 0 Å². The highest BCUT2D eigenvalue weighted by Gasteiger charge is 2.57. The van der Waals surface area contributed by atoms with Gasteiger partial charge in [-0.25, -0.2) is 15.2 Å². The van der Waals surface area contributed by atoms with Crippen LogP contribution in [-0.2, 0) is 10.3 Å². The second-order valence-corrected chi connectivity index (χ2v) is 8.98. The molecular weight excluding hydrogens is 444 g/mol. The lowest BCUT2D eigenvalue weighted by Crippen LogP contribution is -2.56. The molecule has 3 aromatic rings. The first kappa shape index (κ1) is 22.6. The molecule has 0 fully saturated rings. The normalized spacial score (nSPS) is 14.5. The minimum atomic E-state index is -1.14. The second kappa shape index (κ2) is 8.23. The van der Waals surface area contributed by atoms with Crippen LogP contribution in [0.25, 0.3) is 0 Å². The van der Waals surface area contributed by atoms with Crippen molar-refractivity contribution in [2.45, 2.75) is 12.5 Å². The van der Waals surface area contributed by atoms with E-state index in [1.165, 1.54) is 5.01 Å². The molecule has 5 rings (SSSR count). The van der Waals surface area contributed by atoms with Gasteiger partial charge in [-0.3, -0.25) is 4.79 Å². The van der Waals surface area contributed by atoms with E-state index in [9.17, 15) is 9.59 Å². The summed E-state index contributed by atoms with van der Waals surface area (Å²) in [4.78, 5) is 30.4. The molecule has 0 aromatic heterocycles. The molecule has 0 atom stereocenters. The highest BCUT2D eigenvalue weighted by atomic mass is 16.6. The molecular formula is C27H28N4O4. The van der Waals surface area contributed by atoms with Crippen molar-refractivity contribution < 1.29 is 19.1 Å². The van der Waals surface area contributed by atoms with E-state index in [0.29, 0.717) is 17.1 Å². The fourth-order valence-corrected chi connectivity index (χ4v) is 4.91. The number of hydrogen-bond donors (Lipinski definition) is 1. The summed E-state index contributed by atoms with van der Waals surface area (Å²) in [6.07, 6.45) is -0.697. The number of fused-ring (bicyclic) bond motifs is 6. The first-order valence-corrected chi connectivity index (χ1v) is 11.5. The average molecular weight is 473 g/mol. The summed E-state index contributed by atoms with van der Waals surface area (Å²) in [5.74, 6) is 0.903. The fraction of sp³-hybridized carbons (Fsp3) is 0.259. The van der Waals surface area contributed by atoms with E-state index in [-0.39, 0.29) is 12.5 Å². The molecule has 0 radical (unpaired) electrons. The van der Waals surface area contributed by atoms with Crippen LogP contribution in [0.4, 0.5) is 16.2 Å². The first-order valence-electron chi connectivity index (χ1n) is 11.5. The molecule has 0 unspecified atom stereocenters. The van der Waals surface area contributed by atoms with Gasteiger partial charge in [-0.2, -0.15) is 0 Å². The third-order valence-corrected chi connectivity index (χ3v) is 6.53. The van der Waals surface area contributed by atoms with Gasteiger partial charge in [-0.1, -0.05) is 30.3 Å². The van der Waals surface area contributed by atoms with Crippen LogP contribution in [0.2, 0.25) is 0 Å². The zero-order chi connectivity index (χ0) is 24.9. The van der Waals surface area contributed by atoms with Crippen LogP contribution in [0, 0.1) is 0 Å². The molecule has 2 heterocycles. The topological polar surface area (TPSA) is 74.3 Å². The molecule has 0 aliphatic carbocycles. The average Bonchev–Trinajstić information content (AvgIpc) is 3.07. The lowest BCUT2D eigenvalue weighted by molar-refractivity contribution is 0.0458. The number of ether oxygens (including phenoxy) is 2. The Hall–Kier alpha value is -4.20. The minimum Gasteiger partial charge on any atom is -0.456 e. The predicted octanol–water partition coefficient (Wildman–Crippen LogP) is 4.33. The van der Waals surface area contributed by atoms with Crippen molar-refractivity contribution in [3.8, 4) is 11.5 Å². The number of benzene rings is 3. The zero-order valence-corrected chi connectivity index (χ0v) is 20.5. The first-order chi connectivity index (χ1) is 16.8. The van der Waals surface area contributed by atoms with Crippen LogP contribution < -0.4 is 20.0 Å². The number of carbonyl (C=O) groups excluding carboxylic acids is 2. The van der Waals surface area contributed by atoms with Gasteiger partial charge in [-0.05, 0) is 25.1 Å². The van der Waals surface area contributed by atoms with E-state index in [0.717, 1.165) is 28.1 Å². The number of amides is 2. The summed E-state index contributed by atoms with van der Waals surface area (Å²) in [7, 11) is 7.84. The molecule has 1 N–H and O–H groups in total. The third kappa shape index (κ3) is 3.28. The van der Waals surface area contributed by atoms with Crippen LogP contribution >= 0.6 is 0 Å². The van der Waals surface area contributed by atoms with Crippen molar-refractivity contribution in [3.05, 3.63) is 82.9 Å². The Morgan fingerprint density at radius 1 is 0.914 bits per heavy atom. The summed E-state index contributed by atoms with van der Waals surface area (Å²) in [5.41, 5.74) is 6.29. The van der Waals surface area contributed by atoms with E-state index < -0.39 is 11.6 Å². The van der Waals surface area contributed by atoms with Crippen LogP contribution in [0.3, 0.4) is 0 Å². The van der Waals surface area contributed by atoms with Crippen LogP contribution in [0.1, 0.15) is 34.0 Å². The standard InChI is InChI=1S/C27H28N4O4/c1-6-34-26(33)28-31-25(32)19-9-7-8-10-20(19)27(31)21-13-11-17(29(2)3)15-23(21)35-24-16-18(30(4)5)12-14-22(24)27/h7-16H,6H2,1-5H3,(H,28,33). The van der Waals surface area contributed by atoms with Crippen LogP contribution in [-0.4, -0.2) is 51.8 Å². The molecule has 1 spiro atoms. The van der Waals surface area contributed by atoms with E-state index in [1.807, 2.05) is 92.6 Å². The van der Waals surface area contributed by atoms with Crippen molar-refractivity contribution in [2.24, 2.45) is 0 Å². The Morgan fingerprint density at radius 2 is 1.49 bits per heavy atom. The van der Waals surface area contributed by atoms with E-state index in [4.69, 9.17) is 9.47 Å². The van der Waals surface area contributed by atoms with Gasteiger partial charge in [0.1, 0.15) is 17.0 Å². The van der Waals surface area contributed by atoms with Gasteiger partial charge >= 0.3 is 6.09 Å². The van der Waals surface area contributed by atoms with Gasteiger partial charge in [0.05, 0.1) is 6.61 Å². The molecule has 8 nitrogen and oxygen atoms in total. The van der Waals surface area contributed by atoms with Gasteiger partial charge in [0, 0.05) is 74.0 Å². The van der Waals surface area contributed by atoms with Gasteiger partial charge in [0.25, 0.3) is 5.91 Å². The van der Waals surface area contributed by atoms with E-state index in [1.54, 1.807) is 13.0 Å². The molecule has 3 aromatic carbocycles. The van der Waals surface area contributed by atoms with Gasteiger partial charge in [0.15, 0.2) is 0 Å². The number of nitrogens with zero attached hydrogens (tertiary/aromatic N) is 3. The molecule has 8 heteroatoms. The van der Waals surface area contributed by atoms with Crippen molar-refractivity contribution in [3.63, 3.8) is 0 Å². The summed E-state index contributed by atoms with van der Waals surface area (Å²) in [6.45, 7) is 1.91. The number of hydrazine groups is 1. The van der Waals surface area contributed by atoms with Crippen molar-refractivity contribution in [1.29, 1.82) is 0 Å². The van der Waals surface area contributed by atoms with Gasteiger partial charge in [0.2, 0.25) is 0 Å². The summed E-state index contributed by atoms with van der Waals surface area (Å²) in [5, 5.41) is 1.39. The second-order valence-electron chi connectivity index (χ2n) is 8.98. The minimum absolute atomic E-state index is 0.183. The van der Waals surface area contributed by atoms with E-state index >= 15 is 0 Å². The molecule has 0 saturated carbocycles. The molecule has 2 aliphatic heterocycles. The highest BCUT2D eigenvalue weighted by Crippen LogP contribution is 2.57. The summed E-state index contributed by atoms with van der Waals surface area (Å²) < 4.78 is 11.6. The number of nitrogens with one attached hydrogen (secondary N) is 1. The lowest BCUT2D eigenvalue weighted by atomic mass is 9.75. The molecule has 35 heavy (non-hydrogen) atoms. The zero-order valence-electron chi connectivity index (χ0n) is 20.5. The fourth-order valence-electron chi connectivity index (χ4n) is 4.91. The monoisotopic (exact) mass is 472 g/mol. The summed E-state index contributed by atoms with van der Waals surface area (Å²) in [6, 6.07) is 19.2. The van der Waals surface area contributed by atoms with Gasteiger partial charge < -0.3 is 19.3 Å². The smallest absolute Gasteiger partial charge is 0.426 e. The Balaban J connectivity index is 1.85. The Morgan fingerprint density at radius 3 is 2.03 bits per heavy atom. The van der Waals surface area contributed by atoms with Crippen LogP contribution in [0.15, 0.2) is 60.7 Å². The Labute approximate surface area is 204 Å². The number of rotatable bonds is 4. The third-order valence-electron chi connectivity index (χ3n) is 6.53. The molecule has 2 aliphatic rings. The van der Waals surface area contributed by atoms with Crippen molar-refractivity contribution in [2.75, 3.05) is 44.6 Å². The Kier molecular flexibility index (Phi) is 5.31. The largest absolute Gasteiger partial charge is 0.456 e. The molecule has 180 valence electrons. The maximum atomic E-state index is 13.8. The highest BCUT2D eigenvalue weighted by molar-refractivity contribution is 6.03. The summed E-state index contributed by atoms with van der Waals surface area (Å²) >= 11 is 0. The SMILES string of the molecule is CCOC(=O)NN1C(=O)c2ccccc2C12c1ccc(N(C)C)cc1Oc1cc(N(C)C)ccc12. The predicted molar refractivity (Wildman–Crippen MR) is 134 cm³/mol. The molecule has 0 saturated heterocycles. The van der Waals surface area contributed by atoms with Crippen molar-refractivity contribution in [1.82, 2.24) is 10.4 Å². The van der Waals surface area contributed by atoms with Crippen molar-refractivity contribution >= 4 is 23.4 Å². The maximum Gasteiger partial charge on any atom is 0.426 e. The van der Waals surface area contributed by atoms with Crippen LogP contribution in [0.5, 0.6) is 11.5 Å². The number of anilines is 2.